The van der Waals surface area contributed by atoms with E-state index in [2.05, 4.69) is 22.1 Å². The molecule has 2 aliphatic rings. The molecule has 0 spiro atoms. The Bertz CT molecular complexity index is 885. The van der Waals surface area contributed by atoms with Crippen molar-refractivity contribution in [1.29, 1.82) is 5.26 Å². The highest BCUT2D eigenvalue weighted by atomic mass is 32.2. The molecule has 0 saturated carbocycles. The second-order valence-electron chi connectivity index (χ2n) is 6.96. The SMILES string of the molecule is CC(CC#N)N1NC(Nc2ccc(S(C)(=O)=O)c(F)c2)C2C(=O)NCCC21. The Balaban J connectivity index is 1.84. The minimum atomic E-state index is -3.65. The van der Waals surface area contributed by atoms with Gasteiger partial charge in [-0.3, -0.25) is 4.79 Å². The Hall–Kier alpha value is -2.22. The van der Waals surface area contributed by atoms with Crippen LogP contribution in [0.4, 0.5) is 10.1 Å². The fourth-order valence-electron chi connectivity index (χ4n) is 3.72. The van der Waals surface area contributed by atoms with Gasteiger partial charge in [-0.2, -0.15) is 5.26 Å². The van der Waals surface area contributed by atoms with E-state index in [9.17, 15) is 17.6 Å². The number of benzene rings is 1. The zero-order valence-corrected chi connectivity index (χ0v) is 15.9. The minimum Gasteiger partial charge on any atom is -0.368 e. The summed E-state index contributed by atoms with van der Waals surface area (Å²) < 4.78 is 37.3. The third-order valence-electron chi connectivity index (χ3n) is 4.98. The Morgan fingerprint density at radius 1 is 1.48 bits per heavy atom. The first-order chi connectivity index (χ1) is 12.7. The molecule has 0 aromatic heterocycles. The third kappa shape index (κ3) is 3.90. The summed E-state index contributed by atoms with van der Waals surface area (Å²) in [6.45, 7) is 2.46. The molecule has 2 saturated heterocycles. The molecule has 1 aromatic rings. The first-order valence-electron chi connectivity index (χ1n) is 8.67. The molecule has 0 bridgehead atoms. The number of piperidine rings is 1. The van der Waals surface area contributed by atoms with Crippen molar-refractivity contribution in [2.45, 2.75) is 42.9 Å². The molecule has 2 heterocycles. The van der Waals surface area contributed by atoms with E-state index in [1.54, 1.807) is 0 Å². The van der Waals surface area contributed by atoms with Gasteiger partial charge < -0.3 is 10.6 Å². The summed E-state index contributed by atoms with van der Waals surface area (Å²) in [6.07, 6.45) is 1.49. The number of hydrazine groups is 1. The lowest BCUT2D eigenvalue weighted by molar-refractivity contribution is -0.127. The van der Waals surface area contributed by atoms with Crippen molar-refractivity contribution in [1.82, 2.24) is 15.8 Å². The second-order valence-corrected chi connectivity index (χ2v) is 8.94. The van der Waals surface area contributed by atoms with Crippen molar-refractivity contribution in [2.24, 2.45) is 5.92 Å². The van der Waals surface area contributed by atoms with E-state index < -0.39 is 27.7 Å². The standard InChI is InChI=1S/C17H22FN5O3S/c1-10(5-7-19)23-13-6-8-20-17(24)15(13)16(22-23)21-11-3-4-14(12(18)9-11)27(2,25)26/h3-4,9-10,13,15-16,21-22H,5-6,8H2,1-2H3,(H,20,24). The molecule has 1 aromatic carbocycles. The molecule has 2 aliphatic heterocycles. The maximum absolute atomic E-state index is 14.2. The summed E-state index contributed by atoms with van der Waals surface area (Å²) in [5, 5.41) is 16.8. The summed E-state index contributed by atoms with van der Waals surface area (Å²) >= 11 is 0. The van der Waals surface area contributed by atoms with Crippen molar-refractivity contribution < 1.29 is 17.6 Å². The van der Waals surface area contributed by atoms with Gasteiger partial charge in [-0.05, 0) is 31.5 Å². The number of hydrogen-bond acceptors (Lipinski definition) is 7. The molecular formula is C17H22FN5O3S. The van der Waals surface area contributed by atoms with Crippen LogP contribution < -0.4 is 16.1 Å². The second kappa shape index (κ2) is 7.42. The lowest BCUT2D eigenvalue weighted by Crippen LogP contribution is -2.51. The smallest absolute Gasteiger partial charge is 0.228 e. The Labute approximate surface area is 157 Å². The molecule has 146 valence electrons. The maximum Gasteiger partial charge on any atom is 0.228 e. The van der Waals surface area contributed by atoms with Crippen LogP contribution in [-0.4, -0.2) is 50.4 Å². The summed E-state index contributed by atoms with van der Waals surface area (Å²) in [5.74, 6) is -1.38. The fraction of sp³-hybridized carbons (Fsp3) is 0.529. The van der Waals surface area contributed by atoms with Crippen LogP contribution in [0.3, 0.4) is 0 Å². The van der Waals surface area contributed by atoms with Crippen LogP contribution in [-0.2, 0) is 14.6 Å². The van der Waals surface area contributed by atoms with Crippen LogP contribution in [0.15, 0.2) is 23.1 Å². The number of nitrogens with zero attached hydrogens (tertiary/aromatic N) is 2. The van der Waals surface area contributed by atoms with Gasteiger partial charge >= 0.3 is 0 Å². The van der Waals surface area contributed by atoms with Gasteiger partial charge in [0.15, 0.2) is 9.84 Å². The summed E-state index contributed by atoms with van der Waals surface area (Å²) in [5.41, 5.74) is 3.60. The van der Waals surface area contributed by atoms with Crippen LogP contribution in [0, 0.1) is 23.1 Å². The molecular weight excluding hydrogens is 373 g/mol. The summed E-state index contributed by atoms with van der Waals surface area (Å²) in [4.78, 5) is 12.0. The first kappa shape index (κ1) is 19.5. The largest absolute Gasteiger partial charge is 0.368 e. The van der Waals surface area contributed by atoms with Gasteiger partial charge in [0, 0.05) is 30.6 Å². The monoisotopic (exact) mass is 395 g/mol. The predicted molar refractivity (Wildman–Crippen MR) is 96.5 cm³/mol. The molecule has 4 atom stereocenters. The van der Waals surface area contributed by atoms with Gasteiger partial charge in [0.25, 0.3) is 0 Å². The van der Waals surface area contributed by atoms with Crippen molar-refractivity contribution in [3.8, 4) is 6.07 Å². The number of fused-ring (bicyclic) bond motifs is 1. The molecule has 3 N–H and O–H groups in total. The number of nitriles is 1. The molecule has 1 amide bonds. The highest BCUT2D eigenvalue weighted by molar-refractivity contribution is 7.90. The summed E-state index contributed by atoms with van der Waals surface area (Å²) in [7, 11) is -3.65. The number of carbonyl (C=O) groups excluding carboxylic acids is 1. The van der Waals surface area contributed by atoms with Gasteiger partial charge in [-0.1, -0.05) is 0 Å². The van der Waals surface area contributed by atoms with E-state index in [0.29, 0.717) is 18.7 Å². The van der Waals surface area contributed by atoms with E-state index >= 15 is 0 Å². The normalized spacial score (nSPS) is 26.7. The number of rotatable bonds is 5. The van der Waals surface area contributed by atoms with Crippen molar-refractivity contribution >= 4 is 21.4 Å². The molecule has 2 fully saturated rings. The number of carbonyl (C=O) groups is 1. The molecule has 0 radical (unpaired) electrons. The number of anilines is 1. The number of halogens is 1. The number of amides is 1. The van der Waals surface area contributed by atoms with E-state index in [0.717, 1.165) is 18.7 Å². The lowest BCUT2D eigenvalue weighted by Gasteiger charge is -2.33. The molecule has 8 nitrogen and oxygen atoms in total. The maximum atomic E-state index is 14.2. The van der Waals surface area contributed by atoms with Gasteiger partial charge in [-0.25, -0.2) is 23.2 Å². The van der Waals surface area contributed by atoms with Crippen LogP contribution >= 0.6 is 0 Å². The highest BCUT2D eigenvalue weighted by Crippen LogP contribution is 2.31. The molecule has 10 heteroatoms. The van der Waals surface area contributed by atoms with E-state index in [-0.39, 0.29) is 22.9 Å². The molecule has 0 aliphatic carbocycles. The number of sulfone groups is 1. The molecule has 4 unspecified atom stereocenters. The molecule has 3 rings (SSSR count). The molecule has 27 heavy (non-hydrogen) atoms. The van der Waals surface area contributed by atoms with Crippen molar-refractivity contribution in [2.75, 3.05) is 18.1 Å². The summed E-state index contributed by atoms with van der Waals surface area (Å²) in [6, 6.07) is 5.74. The lowest BCUT2D eigenvalue weighted by atomic mass is 9.90. The Morgan fingerprint density at radius 2 is 2.22 bits per heavy atom. The zero-order chi connectivity index (χ0) is 19.8. The van der Waals surface area contributed by atoms with Gasteiger partial charge in [0.2, 0.25) is 5.91 Å². The Kier molecular flexibility index (Phi) is 5.37. The zero-order valence-electron chi connectivity index (χ0n) is 15.1. The Morgan fingerprint density at radius 3 is 2.85 bits per heavy atom. The van der Waals surface area contributed by atoms with Crippen LogP contribution in [0.5, 0.6) is 0 Å². The van der Waals surface area contributed by atoms with E-state index in [4.69, 9.17) is 5.26 Å². The van der Waals surface area contributed by atoms with Crippen molar-refractivity contribution in [3.63, 3.8) is 0 Å². The van der Waals surface area contributed by atoms with Crippen LogP contribution in [0.25, 0.3) is 0 Å². The fourth-order valence-corrected chi connectivity index (χ4v) is 4.44. The van der Waals surface area contributed by atoms with Crippen LogP contribution in [0.2, 0.25) is 0 Å². The number of hydrogen-bond donors (Lipinski definition) is 3. The highest BCUT2D eigenvalue weighted by Gasteiger charge is 2.48. The predicted octanol–water partition coefficient (Wildman–Crippen LogP) is 0.594. The van der Waals surface area contributed by atoms with Gasteiger partial charge in [-0.15, -0.1) is 0 Å². The topological polar surface area (TPSA) is 114 Å². The van der Waals surface area contributed by atoms with E-state index in [1.807, 2.05) is 11.9 Å². The average molecular weight is 395 g/mol. The van der Waals surface area contributed by atoms with Gasteiger partial charge in [0.05, 0.1) is 18.4 Å². The number of nitrogens with one attached hydrogen (secondary N) is 3. The quantitative estimate of drug-likeness (QED) is 0.669. The third-order valence-corrected chi connectivity index (χ3v) is 6.11. The van der Waals surface area contributed by atoms with Crippen LogP contribution in [0.1, 0.15) is 19.8 Å². The first-order valence-corrected chi connectivity index (χ1v) is 10.6. The average Bonchev–Trinajstić information content (AvgIpc) is 2.94. The van der Waals surface area contributed by atoms with E-state index in [1.165, 1.54) is 12.1 Å². The minimum absolute atomic E-state index is 0.0836. The van der Waals surface area contributed by atoms with Crippen molar-refractivity contribution in [3.05, 3.63) is 24.0 Å². The van der Waals surface area contributed by atoms with Gasteiger partial charge in [0.1, 0.15) is 16.9 Å².